The lowest BCUT2D eigenvalue weighted by Crippen LogP contribution is -2.46. The van der Waals surface area contributed by atoms with Crippen LogP contribution in [-0.2, 0) is 36.3 Å². The van der Waals surface area contributed by atoms with E-state index >= 15 is 4.79 Å². The summed E-state index contributed by atoms with van der Waals surface area (Å²) >= 11 is 0. The third kappa shape index (κ3) is 9.86. The smallest absolute Gasteiger partial charge is 0.407 e. The Bertz CT molecular complexity index is 2980. The van der Waals surface area contributed by atoms with Gasteiger partial charge in [0.25, 0.3) is 15.9 Å². The Morgan fingerprint density at radius 1 is 0.786 bits per heavy atom. The number of nitrogens with one attached hydrogen (secondary N) is 3. The summed E-state index contributed by atoms with van der Waals surface area (Å²) < 4.78 is 49.5. The average Bonchev–Trinajstić information content (AvgIpc) is 3.68. The van der Waals surface area contributed by atoms with E-state index in [0.717, 1.165) is 45.6 Å². The zero-order valence-corrected chi connectivity index (χ0v) is 41.1. The number of alkyl carbamates (subject to hydrolysis) is 1. The number of carbonyl (C=O) groups is 3. The number of amides is 2. The van der Waals surface area contributed by atoms with Crippen LogP contribution in [0.4, 0.5) is 4.79 Å². The molecule has 6 aromatic rings. The largest absolute Gasteiger partial charge is 0.487 e. The number of sulfonamides is 1. The third-order valence-corrected chi connectivity index (χ3v) is 15.1. The molecule has 362 valence electrons. The van der Waals surface area contributed by atoms with Crippen molar-refractivity contribution in [2.24, 2.45) is 10.7 Å². The molecule has 1 aliphatic heterocycles. The Morgan fingerprint density at radius 2 is 1.34 bits per heavy atom. The second-order valence-electron chi connectivity index (χ2n) is 18.4. The van der Waals surface area contributed by atoms with Gasteiger partial charge in [-0.2, -0.15) is 0 Å². The van der Waals surface area contributed by atoms with Crippen molar-refractivity contribution in [1.82, 2.24) is 15.4 Å². The van der Waals surface area contributed by atoms with Crippen LogP contribution in [0.15, 0.2) is 143 Å². The summed E-state index contributed by atoms with van der Waals surface area (Å²) in [5.74, 6) is -0.909. The highest BCUT2D eigenvalue weighted by atomic mass is 32.2. The number of rotatable bonds is 15. The van der Waals surface area contributed by atoms with E-state index in [4.69, 9.17) is 19.9 Å². The molecule has 0 bridgehead atoms. The molecular formula is C56H59N5O8S. The number of hydrogen-bond acceptors (Lipinski definition) is 9. The van der Waals surface area contributed by atoms with Gasteiger partial charge in [0.05, 0.1) is 4.90 Å². The molecule has 0 spiro atoms. The maximum atomic E-state index is 15.0. The van der Waals surface area contributed by atoms with Crippen molar-refractivity contribution in [3.63, 3.8) is 0 Å². The number of esters is 1. The summed E-state index contributed by atoms with van der Waals surface area (Å²) in [7, 11) is -2.63. The van der Waals surface area contributed by atoms with Crippen LogP contribution in [0.2, 0.25) is 0 Å². The highest BCUT2D eigenvalue weighted by molar-refractivity contribution is 7.90. The van der Waals surface area contributed by atoms with Crippen LogP contribution in [0.1, 0.15) is 99.5 Å². The molecule has 0 saturated heterocycles. The van der Waals surface area contributed by atoms with E-state index in [1.165, 1.54) is 0 Å². The maximum Gasteiger partial charge on any atom is 0.407 e. The number of benzene rings is 6. The van der Waals surface area contributed by atoms with Crippen molar-refractivity contribution in [1.29, 1.82) is 0 Å². The standard InChI is InChI=1S/C56H59N5O8S/c1-35-36(2)50(37(3)42-31-32-55(4,5)68-49(35)42)70(65,66)61-53(57)59-33-17-26-48(60-54(64)67-34-47-45-24-15-13-22-43(45)44-23-14-16-25-46(44)47)52(63)69-56(39-18-9-7-10-19-39,40-20-11-8-12-21-40)41-29-27-38(28-30-41)51(62)58-6/h7-16,18-25,27-30,47-48H,17,26,31-34H2,1-6H3,(H,58,62)(H,60,64)(H3,57,59,61)/t48-/m1/s1. The lowest BCUT2D eigenvalue weighted by molar-refractivity contribution is -0.156. The summed E-state index contributed by atoms with van der Waals surface area (Å²) in [5.41, 5.74) is 13.5. The number of carbonyl (C=O) groups excluding carboxylic acids is 3. The topological polar surface area (TPSA) is 188 Å². The Hall–Kier alpha value is -7.45. The lowest BCUT2D eigenvalue weighted by Gasteiger charge is -2.36. The predicted molar refractivity (Wildman–Crippen MR) is 270 cm³/mol. The lowest BCUT2D eigenvalue weighted by atomic mass is 9.79. The van der Waals surface area contributed by atoms with Gasteiger partial charge in [0.1, 0.15) is 24.0 Å². The van der Waals surface area contributed by atoms with E-state index in [9.17, 15) is 18.0 Å². The fraction of sp³-hybridized carbons (Fsp3) is 0.286. The summed E-state index contributed by atoms with van der Waals surface area (Å²) in [5, 5.41) is 5.45. The van der Waals surface area contributed by atoms with Crippen molar-refractivity contribution in [3.05, 3.63) is 189 Å². The van der Waals surface area contributed by atoms with Crippen molar-refractivity contribution in [2.75, 3.05) is 20.2 Å². The molecule has 5 N–H and O–H groups in total. The molecule has 0 unspecified atom stereocenters. The number of guanidine groups is 1. The van der Waals surface area contributed by atoms with Crippen LogP contribution in [0.25, 0.3) is 11.1 Å². The van der Waals surface area contributed by atoms with Gasteiger partial charge in [-0.05, 0) is 117 Å². The Kier molecular flexibility index (Phi) is 14.2. The first-order chi connectivity index (χ1) is 33.5. The number of fused-ring (bicyclic) bond motifs is 4. The van der Waals surface area contributed by atoms with E-state index in [1.807, 2.05) is 130 Å². The monoisotopic (exact) mass is 961 g/mol. The van der Waals surface area contributed by atoms with Gasteiger partial charge < -0.3 is 30.6 Å². The van der Waals surface area contributed by atoms with Gasteiger partial charge in [-0.15, -0.1) is 0 Å². The zero-order chi connectivity index (χ0) is 49.8. The first-order valence-corrected chi connectivity index (χ1v) is 25.0. The Morgan fingerprint density at radius 3 is 1.93 bits per heavy atom. The van der Waals surface area contributed by atoms with Gasteiger partial charge in [-0.25, -0.2) is 22.7 Å². The SMILES string of the molecule is CNC(=O)c1ccc(C(OC(=O)[C@@H](CCCN=C(N)NS(=O)(=O)c2c(C)c(C)c3c(c2C)CCC(C)(C)O3)NC(=O)OCC2c3ccccc3-c3ccccc32)(c2ccccc2)c2ccccc2)cc1. The molecule has 1 heterocycles. The number of ether oxygens (including phenoxy) is 3. The molecule has 0 fully saturated rings. The first kappa shape index (κ1) is 49.0. The summed E-state index contributed by atoms with van der Waals surface area (Å²) in [4.78, 5) is 46.1. The molecule has 70 heavy (non-hydrogen) atoms. The van der Waals surface area contributed by atoms with E-state index in [1.54, 1.807) is 45.2 Å². The number of nitrogens with zero attached hydrogens (tertiary/aromatic N) is 1. The van der Waals surface area contributed by atoms with Gasteiger partial charge in [0, 0.05) is 41.8 Å². The van der Waals surface area contributed by atoms with Crippen LogP contribution < -0.4 is 25.8 Å². The molecule has 14 heteroatoms. The summed E-state index contributed by atoms with van der Waals surface area (Å²) in [6.45, 7) is 9.42. The van der Waals surface area contributed by atoms with Crippen LogP contribution in [0, 0.1) is 20.8 Å². The number of aliphatic imine (C=N–C) groups is 1. The van der Waals surface area contributed by atoms with Gasteiger partial charge in [-0.1, -0.05) is 121 Å². The molecule has 2 amide bonds. The molecule has 8 rings (SSSR count). The average molecular weight is 962 g/mol. The van der Waals surface area contributed by atoms with Crippen LogP contribution >= 0.6 is 0 Å². The normalized spacial score (nSPS) is 14.5. The van der Waals surface area contributed by atoms with E-state index in [0.29, 0.717) is 39.8 Å². The maximum absolute atomic E-state index is 15.0. The fourth-order valence-electron chi connectivity index (χ4n) is 9.74. The Balaban J connectivity index is 1.07. The minimum absolute atomic E-state index is 0.000405. The second kappa shape index (κ2) is 20.3. The van der Waals surface area contributed by atoms with Crippen molar-refractivity contribution < 1.29 is 37.0 Å². The third-order valence-electron chi connectivity index (χ3n) is 13.4. The molecule has 0 aromatic heterocycles. The minimum atomic E-state index is -4.18. The van der Waals surface area contributed by atoms with Crippen LogP contribution in [-0.4, -0.2) is 64.2 Å². The van der Waals surface area contributed by atoms with Crippen molar-refractivity contribution in [2.45, 2.75) is 88.4 Å². The van der Waals surface area contributed by atoms with Crippen LogP contribution in [0.3, 0.4) is 0 Å². The van der Waals surface area contributed by atoms with E-state index < -0.39 is 33.7 Å². The van der Waals surface area contributed by atoms with Gasteiger partial charge in [0.15, 0.2) is 5.60 Å². The van der Waals surface area contributed by atoms with Gasteiger partial charge in [0.2, 0.25) is 5.96 Å². The summed E-state index contributed by atoms with van der Waals surface area (Å²) in [6, 6.07) is 40.0. The Labute approximate surface area is 409 Å². The molecule has 6 aromatic carbocycles. The number of hydrogen-bond donors (Lipinski definition) is 4. The molecule has 0 saturated carbocycles. The molecular weight excluding hydrogens is 903 g/mol. The van der Waals surface area contributed by atoms with E-state index in [-0.39, 0.29) is 54.3 Å². The molecule has 1 atom stereocenters. The van der Waals surface area contributed by atoms with E-state index in [2.05, 4.69) is 20.3 Å². The molecule has 1 aliphatic carbocycles. The summed E-state index contributed by atoms with van der Waals surface area (Å²) in [6.07, 6.45) is 0.729. The highest BCUT2D eigenvalue weighted by Crippen LogP contribution is 2.46. The second-order valence-corrected chi connectivity index (χ2v) is 20.0. The highest BCUT2D eigenvalue weighted by Gasteiger charge is 2.43. The quantitative estimate of drug-likeness (QED) is 0.0256. The van der Waals surface area contributed by atoms with Crippen molar-refractivity contribution >= 4 is 34.0 Å². The van der Waals surface area contributed by atoms with Gasteiger partial charge >= 0.3 is 12.1 Å². The first-order valence-electron chi connectivity index (χ1n) is 23.5. The van der Waals surface area contributed by atoms with Gasteiger partial charge in [-0.3, -0.25) is 9.79 Å². The molecule has 13 nitrogen and oxygen atoms in total. The molecule has 0 radical (unpaired) electrons. The number of nitrogens with two attached hydrogens (primary N) is 1. The minimum Gasteiger partial charge on any atom is -0.487 e. The molecule has 2 aliphatic rings. The fourth-order valence-corrected chi connectivity index (χ4v) is 11.3. The van der Waals surface area contributed by atoms with Crippen molar-refractivity contribution in [3.8, 4) is 16.9 Å². The predicted octanol–water partition coefficient (Wildman–Crippen LogP) is 8.89. The van der Waals surface area contributed by atoms with Crippen LogP contribution in [0.5, 0.6) is 5.75 Å². The zero-order valence-electron chi connectivity index (χ0n) is 40.3.